The van der Waals surface area contributed by atoms with Gasteiger partial charge in [0, 0.05) is 0 Å². The molecule has 0 aliphatic carbocycles. The van der Waals surface area contributed by atoms with Gasteiger partial charge in [-0.1, -0.05) is 17.3 Å². The lowest BCUT2D eigenvalue weighted by molar-refractivity contribution is -0.360. The molecule has 0 radical (unpaired) electrons. The molecule has 0 aromatic rings. The van der Waals surface area contributed by atoms with Gasteiger partial charge in [-0.3, -0.25) is 0 Å². The molecule has 0 unspecified atom stereocenters. The molecule has 16 nitrogen and oxygen atoms in total. The van der Waals surface area contributed by atoms with Crippen LogP contribution in [0.3, 0.4) is 0 Å². The smallest absolute Gasteiger partial charge is 0.166 e. The monoisotopic (exact) mass is 396 g/mol. The van der Waals surface area contributed by atoms with Crippen molar-refractivity contribution in [2.45, 2.75) is 6.16 Å². The van der Waals surface area contributed by atoms with E-state index < -0.39 is 47.8 Å². The van der Waals surface area contributed by atoms with Crippen LogP contribution in [0.15, 0.2) is 0 Å². The molecule has 20 heteroatoms. The topological polar surface area (TPSA) is 210 Å². The van der Waals surface area contributed by atoms with E-state index in [1.807, 2.05) is 0 Å². The molecule has 124 valence electrons. The van der Waals surface area contributed by atoms with Gasteiger partial charge in [0.25, 0.3) is 0 Å². The van der Waals surface area contributed by atoms with Crippen LogP contribution in [0.1, 0.15) is 0 Å². The first-order chi connectivity index (χ1) is 9.24. The van der Waals surface area contributed by atoms with E-state index >= 15 is 0 Å². The molecule has 2 rings (SSSR count). The Morgan fingerprint density at radius 2 is 0.619 bits per heavy atom. The van der Waals surface area contributed by atoms with Crippen molar-refractivity contribution in [1.29, 1.82) is 0 Å². The van der Waals surface area contributed by atoms with Gasteiger partial charge in [0.2, 0.25) is 0 Å². The van der Waals surface area contributed by atoms with Crippen molar-refractivity contribution in [3.8, 4) is 0 Å². The summed E-state index contributed by atoms with van der Waals surface area (Å²) < 4.78 is 115. The molecular formula is CO16S4. The van der Waals surface area contributed by atoms with E-state index in [0.29, 0.717) is 0 Å². The highest BCUT2D eigenvalue weighted by Gasteiger charge is 2.60. The number of hydrogen-bond acceptors (Lipinski definition) is 16. The van der Waals surface area contributed by atoms with E-state index in [0.717, 1.165) is 0 Å². The molecule has 0 bridgehead atoms. The van der Waals surface area contributed by atoms with Gasteiger partial charge in [0.15, 0.2) is 0 Å². The Bertz CT molecular complexity index is 684. The lowest BCUT2D eigenvalue weighted by atomic mass is 11.2. The molecule has 0 saturated carbocycles. The van der Waals surface area contributed by atoms with Gasteiger partial charge in [-0.2, -0.15) is 50.4 Å². The lowest BCUT2D eigenvalue weighted by Crippen LogP contribution is -2.45. The Morgan fingerprint density at radius 3 is 0.810 bits per heavy atom. The van der Waals surface area contributed by atoms with Crippen LogP contribution in [0.25, 0.3) is 0 Å². The van der Waals surface area contributed by atoms with Crippen molar-refractivity contribution in [3.63, 3.8) is 0 Å². The predicted octanol–water partition coefficient (Wildman–Crippen LogP) is -3.43. The summed E-state index contributed by atoms with van der Waals surface area (Å²) in [5.41, 5.74) is 0. The fourth-order valence-corrected chi connectivity index (χ4v) is 3.64. The second kappa shape index (κ2) is 4.74. The van der Waals surface area contributed by atoms with Gasteiger partial charge in [0.1, 0.15) is 0 Å². The molecule has 0 aromatic heterocycles. The van der Waals surface area contributed by atoms with Crippen molar-refractivity contribution >= 4 is 41.6 Å². The van der Waals surface area contributed by atoms with Crippen LogP contribution in [0, 0.1) is 0 Å². The second-order valence-electron chi connectivity index (χ2n) is 2.74. The average Bonchev–Trinajstić information content (AvgIpc) is 2.34. The minimum atomic E-state index is -5.53. The van der Waals surface area contributed by atoms with Crippen molar-refractivity contribution in [2.24, 2.45) is 0 Å². The summed E-state index contributed by atoms with van der Waals surface area (Å²) in [7, 11) is -22.1. The van der Waals surface area contributed by atoms with Crippen LogP contribution in [-0.2, 0) is 75.7 Å². The van der Waals surface area contributed by atoms with Gasteiger partial charge < -0.3 is 0 Å². The van der Waals surface area contributed by atoms with E-state index in [1.165, 1.54) is 0 Å². The zero-order valence-electron chi connectivity index (χ0n) is 8.66. The highest BCUT2D eigenvalue weighted by molar-refractivity contribution is 7.85. The maximum atomic E-state index is 11.0. The first-order valence-corrected chi connectivity index (χ1v) is 9.15. The van der Waals surface area contributed by atoms with Crippen LogP contribution in [0.5, 0.6) is 0 Å². The molecule has 1 spiro atoms. The van der Waals surface area contributed by atoms with Gasteiger partial charge in [-0.25, -0.2) is 0 Å². The van der Waals surface area contributed by atoms with Gasteiger partial charge >= 0.3 is 47.8 Å². The Balaban J connectivity index is 2.63. The van der Waals surface area contributed by atoms with Gasteiger partial charge in [0.05, 0.1) is 0 Å². The summed E-state index contributed by atoms with van der Waals surface area (Å²) in [6.07, 6.45) is -4.29. The third-order valence-corrected chi connectivity index (χ3v) is 3.95. The Labute approximate surface area is 116 Å². The van der Waals surface area contributed by atoms with Crippen LogP contribution in [-0.4, -0.2) is 39.8 Å². The fourth-order valence-electron chi connectivity index (χ4n) is 0.775. The molecule has 0 aromatic carbocycles. The maximum Gasteiger partial charge on any atom is 0.477 e. The van der Waals surface area contributed by atoms with E-state index in [4.69, 9.17) is 0 Å². The second-order valence-corrected chi connectivity index (χ2v) is 7.22. The SMILES string of the molecule is O=S1(=O)OOS(=O)(=O)OC2(O1)OS(=O)(=O)OOS(=O)(=O)O2. The Hall–Kier alpha value is -0.520. The summed E-state index contributed by atoms with van der Waals surface area (Å²) in [6, 6.07) is 0. The first-order valence-electron chi connectivity index (χ1n) is 3.82. The summed E-state index contributed by atoms with van der Waals surface area (Å²) in [6.45, 7) is 0. The van der Waals surface area contributed by atoms with Gasteiger partial charge in [-0.15, -0.1) is 0 Å². The van der Waals surface area contributed by atoms with Crippen molar-refractivity contribution < 1.29 is 67.7 Å². The maximum absolute atomic E-state index is 11.0. The zero-order valence-corrected chi connectivity index (χ0v) is 11.9. The van der Waals surface area contributed by atoms with Crippen LogP contribution in [0.2, 0.25) is 0 Å². The Kier molecular flexibility index (Phi) is 3.80. The minimum Gasteiger partial charge on any atom is -0.166 e. The van der Waals surface area contributed by atoms with Crippen LogP contribution in [0.4, 0.5) is 0 Å². The third kappa shape index (κ3) is 4.24. The zero-order chi connectivity index (χ0) is 16.2. The number of hydrogen-bond donors (Lipinski definition) is 0. The highest BCUT2D eigenvalue weighted by atomic mass is 32.3. The summed E-state index contributed by atoms with van der Waals surface area (Å²) in [5.74, 6) is 0. The summed E-state index contributed by atoms with van der Waals surface area (Å²) in [4.78, 5) is 0. The molecular weight excluding hydrogens is 396 g/mol. The molecule has 2 aliphatic rings. The predicted molar refractivity (Wildman–Crippen MR) is 47.1 cm³/mol. The molecule has 21 heavy (non-hydrogen) atoms. The van der Waals surface area contributed by atoms with E-state index in [9.17, 15) is 33.7 Å². The quantitative estimate of drug-likeness (QED) is 0.364. The molecule has 2 aliphatic heterocycles. The first kappa shape index (κ1) is 16.8. The van der Waals surface area contributed by atoms with E-state index in [1.54, 1.807) is 0 Å². The van der Waals surface area contributed by atoms with Gasteiger partial charge in [-0.05, 0) is 0 Å². The van der Waals surface area contributed by atoms with E-state index in [-0.39, 0.29) is 0 Å². The molecule has 0 N–H and O–H groups in total. The molecule has 2 heterocycles. The third-order valence-electron chi connectivity index (χ3n) is 1.21. The molecule has 2 saturated heterocycles. The summed E-state index contributed by atoms with van der Waals surface area (Å²) in [5, 5.41) is 0. The van der Waals surface area contributed by atoms with Crippen molar-refractivity contribution in [1.82, 2.24) is 0 Å². The average molecular weight is 396 g/mol. The fraction of sp³-hybridized carbons (Fsp3) is 1.00. The number of rotatable bonds is 0. The van der Waals surface area contributed by atoms with Crippen LogP contribution < -0.4 is 0 Å². The van der Waals surface area contributed by atoms with Crippen LogP contribution >= 0.6 is 0 Å². The van der Waals surface area contributed by atoms with E-state index in [2.05, 4.69) is 34.1 Å². The standard InChI is InChI=1S/CO16S4/c2-18(3)10-1(11-19(4,5)15-14-18)12-20(6,7)16-17-21(8,9)13-1. The molecule has 2 fully saturated rings. The lowest BCUT2D eigenvalue weighted by Gasteiger charge is -2.20. The molecule has 0 atom stereocenters. The highest BCUT2D eigenvalue weighted by Crippen LogP contribution is 2.34. The minimum absolute atomic E-state index is 3.22. The normalized spacial score (nSPS) is 32.8. The largest absolute Gasteiger partial charge is 0.477 e. The molecule has 0 amide bonds. The van der Waals surface area contributed by atoms with Crippen molar-refractivity contribution in [2.75, 3.05) is 0 Å². The van der Waals surface area contributed by atoms with Crippen molar-refractivity contribution in [3.05, 3.63) is 0 Å². The summed E-state index contributed by atoms with van der Waals surface area (Å²) >= 11 is 0. The Morgan fingerprint density at radius 1 is 0.429 bits per heavy atom.